The summed E-state index contributed by atoms with van der Waals surface area (Å²) in [6.07, 6.45) is 2.15. The third-order valence-corrected chi connectivity index (χ3v) is 10.2. The summed E-state index contributed by atoms with van der Waals surface area (Å²) >= 11 is 1.83. The van der Waals surface area contributed by atoms with Gasteiger partial charge in [0.2, 0.25) is 5.95 Å². The van der Waals surface area contributed by atoms with Gasteiger partial charge in [-0.05, 0) is 36.4 Å². The third-order valence-electron chi connectivity index (χ3n) is 9.01. The van der Waals surface area contributed by atoms with Crippen molar-refractivity contribution in [2.75, 3.05) is 0 Å². The zero-order chi connectivity index (χ0) is 30.9. The molecule has 4 aromatic heterocycles. The molecule has 0 aliphatic heterocycles. The Morgan fingerprint density at radius 1 is 0.489 bits per heavy atom. The Labute approximate surface area is 273 Å². The van der Waals surface area contributed by atoms with Gasteiger partial charge in [-0.1, -0.05) is 109 Å². The summed E-state index contributed by atoms with van der Waals surface area (Å²) in [6, 6.07) is 50.9. The van der Waals surface area contributed by atoms with E-state index in [1.165, 1.54) is 36.3 Å². The van der Waals surface area contributed by atoms with E-state index in [9.17, 15) is 0 Å². The summed E-state index contributed by atoms with van der Waals surface area (Å²) in [4.78, 5) is 15.4. The van der Waals surface area contributed by atoms with E-state index >= 15 is 0 Å². The Morgan fingerprint density at radius 2 is 1.13 bits per heavy atom. The van der Waals surface area contributed by atoms with Gasteiger partial charge < -0.3 is 4.57 Å². The zero-order valence-corrected chi connectivity index (χ0v) is 25.9. The van der Waals surface area contributed by atoms with E-state index in [-0.39, 0.29) is 0 Å². The first-order valence-corrected chi connectivity index (χ1v) is 16.4. The van der Waals surface area contributed by atoms with Crippen molar-refractivity contribution in [2.24, 2.45) is 0 Å². The second kappa shape index (κ2) is 10.2. The third kappa shape index (κ3) is 4.05. The molecule has 0 N–H and O–H groups in total. The first-order valence-electron chi connectivity index (χ1n) is 15.6. The van der Waals surface area contributed by atoms with Crippen LogP contribution in [0.5, 0.6) is 0 Å². The van der Waals surface area contributed by atoms with Crippen LogP contribution in [0, 0.1) is 0 Å². The fraction of sp³-hybridized carbons (Fsp3) is 0. The molecule has 6 heteroatoms. The summed E-state index contributed by atoms with van der Waals surface area (Å²) in [5.41, 5.74) is 6.30. The Bertz CT molecular complexity index is 2720. The van der Waals surface area contributed by atoms with Crippen LogP contribution in [0.3, 0.4) is 0 Å². The summed E-state index contributed by atoms with van der Waals surface area (Å²) in [7, 11) is 0. The highest BCUT2D eigenvalue weighted by Gasteiger charge is 2.22. The Balaban J connectivity index is 1.37. The van der Waals surface area contributed by atoms with Crippen molar-refractivity contribution in [1.29, 1.82) is 0 Å². The van der Waals surface area contributed by atoms with Crippen molar-refractivity contribution in [3.05, 3.63) is 152 Å². The predicted molar refractivity (Wildman–Crippen MR) is 195 cm³/mol. The fourth-order valence-electron chi connectivity index (χ4n) is 6.83. The molecule has 6 aromatic carbocycles. The summed E-state index contributed by atoms with van der Waals surface area (Å²) in [5.74, 6) is 1.88. The first kappa shape index (κ1) is 26.1. The van der Waals surface area contributed by atoms with Crippen LogP contribution >= 0.6 is 11.3 Å². The van der Waals surface area contributed by atoms with E-state index in [1.807, 2.05) is 47.7 Å². The molecule has 0 unspecified atom stereocenters. The molecule has 0 spiro atoms. The maximum atomic E-state index is 5.22. The number of aromatic nitrogens is 5. The van der Waals surface area contributed by atoms with Gasteiger partial charge >= 0.3 is 0 Å². The highest BCUT2D eigenvalue weighted by molar-refractivity contribution is 7.26. The number of hydrogen-bond acceptors (Lipinski definition) is 4. The summed E-state index contributed by atoms with van der Waals surface area (Å²) < 4.78 is 7.01. The van der Waals surface area contributed by atoms with E-state index in [0.717, 1.165) is 33.4 Å². The number of rotatable bonds is 4. The van der Waals surface area contributed by atoms with E-state index in [4.69, 9.17) is 15.0 Å². The fourth-order valence-corrected chi connectivity index (χ4v) is 8.07. The molecule has 0 saturated heterocycles. The normalized spacial score (nSPS) is 11.8. The Hall–Kier alpha value is -6.11. The van der Waals surface area contributed by atoms with Crippen LogP contribution in [-0.2, 0) is 0 Å². The summed E-state index contributed by atoms with van der Waals surface area (Å²) in [5, 5.41) is 6.03. The Morgan fingerprint density at radius 3 is 1.85 bits per heavy atom. The van der Waals surface area contributed by atoms with Gasteiger partial charge in [0.1, 0.15) is 0 Å². The van der Waals surface area contributed by atoms with Crippen molar-refractivity contribution in [2.45, 2.75) is 0 Å². The van der Waals surface area contributed by atoms with Gasteiger partial charge in [0, 0.05) is 54.6 Å². The van der Waals surface area contributed by atoms with Crippen molar-refractivity contribution in [3.8, 4) is 34.4 Å². The molecule has 10 rings (SSSR count). The lowest BCUT2D eigenvalue weighted by Gasteiger charge is -2.11. The van der Waals surface area contributed by atoms with E-state index < -0.39 is 0 Å². The molecule has 0 saturated carbocycles. The van der Waals surface area contributed by atoms with Gasteiger partial charge in [0.25, 0.3) is 0 Å². The van der Waals surface area contributed by atoms with Gasteiger partial charge in [-0.15, -0.1) is 11.3 Å². The molecule has 5 nitrogen and oxygen atoms in total. The van der Waals surface area contributed by atoms with Crippen LogP contribution in [0.25, 0.3) is 87.3 Å². The Kier molecular flexibility index (Phi) is 5.68. The van der Waals surface area contributed by atoms with Gasteiger partial charge in [-0.25, -0.2) is 4.98 Å². The molecule has 0 aliphatic rings. The predicted octanol–water partition coefficient (Wildman–Crippen LogP) is 10.6. The van der Waals surface area contributed by atoms with E-state index in [1.54, 1.807) is 0 Å². The highest BCUT2D eigenvalue weighted by atomic mass is 32.1. The second-order valence-electron chi connectivity index (χ2n) is 11.7. The standard InChI is InChI=1S/C41H25N5S/c1-4-12-26(13-5-1)39-42-40(27-14-6-2-7-15-27)44-41(43-39)46-35-25-34-28(22-23-45(34)29-16-8-3-9-17-29)24-33(35)31-20-21-32-30-18-10-11-19-36(30)47-38(32)37(31)46/h1-25H. The molecule has 0 atom stereocenters. The van der Waals surface area contributed by atoms with Crippen LogP contribution in [0.15, 0.2) is 152 Å². The van der Waals surface area contributed by atoms with Crippen LogP contribution in [0.1, 0.15) is 0 Å². The number of nitrogens with zero attached hydrogens (tertiary/aromatic N) is 5. The second-order valence-corrected chi connectivity index (χ2v) is 12.8. The van der Waals surface area contributed by atoms with Crippen LogP contribution in [0.2, 0.25) is 0 Å². The molecule has 47 heavy (non-hydrogen) atoms. The lowest BCUT2D eigenvalue weighted by Crippen LogP contribution is -2.06. The number of benzene rings is 6. The van der Waals surface area contributed by atoms with Crippen molar-refractivity contribution < 1.29 is 0 Å². The quantitative estimate of drug-likeness (QED) is 0.197. The van der Waals surface area contributed by atoms with Crippen molar-refractivity contribution >= 4 is 64.2 Å². The molecular formula is C41H25N5S. The molecule has 0 amide bonds. The van der Waals surface area contributed by atoms with Crippen molar-refractivity contribution in [1.82, 2.24) is 24.1 Å². The first-order chi connectivity index (χ1) is 23.3. The maximum Gasteiger partial charge on any atom is 0.238 e. The minimum absolute atomic E-state index is 0.597. The number of para-hydroxylation sites is 1. The summed E-state index contributed by atoms with van der Waals surface area (Å²) in [6.45, 7) is 0. The molecule has 0 aliphatic carbocycles. The lowest BCUT2D eigenvalue weighted by molar-refractivity contribution is 0.955. The average molecular weight is 620 g/mol. The number of hydrogen-bond donors (Lipinski definition) is 0. The molecule has 4 heterocycles. The lowest BCUT2D eigenvalue weighted by atomic mass is 10.1. The number of fused-ring (bicyclic) bond motifs is 8. The average Bonchev–Trinajstić information content (AvgIpc) is 3.83. The molecule has 0 bridgehead atoms. The van der Waals surface area contributed by atoms with Crippen LogP contribution < -0.4 is 0 Å². The molecule has 10 aromatic rings. The molecule has 220 valence electrons. The zero-order valence-electron chi connectivity index (χ0n) is 25.1. The van der Waals surface area contributed by atoms with Gasteiger partial charge in [0.05, 0.1) is 21.3 Å². The topological polar surface area (TPSA) is 48.5 Å². The van der Waals surface area contributed by atoms with Crippen LogP contribution in [0.4, 0.5) is 0 Å². The minimum atomic E-state index is 0.597. The number of thiophene rings is 1. The monoisotopic (exact) mass is 619 g/mol. The molecular weight excluding hydrogens is 595 g/mol. The van der Waals surface area contributed by atoms with Crippen LogP contribution in [-0.4, -0.2) is 24.1 Å². The van der Waals surface area contributed by atoms with Crippen molar-refractivity contribution in [3.63, 3.8) is 0 Å². The van der Waals surface area contributed by atoms with Gasteiger partial charge in [-0.3, -0.25) is 4.57 Å². The van der Waals surface area contributed by atoms with E-state index in [0.29, 0.717) is 17.6 Å². The minimum Gasteiger partial charge on any atom is -0.316 e. The maximum absolute atomic E-state index is 5.22. The van der Waals surface area contributed by atoms with E-state index in [2.05, 4.69) is 125 Å². The smallest absolute Gasteiger partial charge is 0.238 e. The van der Waals surface area contributed by atoms with Gasteiger partial charge in [0.15, 0.2) is 11.6 Å². The largest absolute Gasteiger partial charge is 0.316 e. The molecule has 0 radical (unpaired) electrons. The SMILES string of the molecule is c1ccc(-c2nc(-c3ccccc3)nc(-n3c4cc5c(ccn5-c5ccccc5)cc4c4ccc5c6ccccc6sc5c43)n2)cc1. The molecule has 0 fully saturated rings. The highest BCUT2D eigenvalue weighted by Crippen LogP contribution is 2.43. The van der Waals surface area contributed by atoms with Gasteiger partial charge in [-0.2, -0.15) is 9.97 Å².